The minimum Gasteiger partial charge on any atom is -0.467 e. The molecule has 2 heterocycles. The van der Waals surface area contributed by atoms with Crippen LogP contribution in [0, 0.1) is 5.41 Å². The van der Waals surface area contributed by atoms with Crippen LogP contribution in [-0.2, 0) is 9.59 Å². The Bertz CT molecular complexity index is 573. The Labute approximate surface area is 122 Å². The zero-order valence-electron chi connectivity index (χ0n) is 11.9. The number of nitrogens with zero attached hydrogens (tertiary/aromatic N) is 1. The number of barbiturate groups is 1. The number of nitrogens with one attached hydrogen (secondary N) is 1. The van der Waals surface area contributed by atoms with Gasteiger partial charge in [0.15, 0.2) is 0 Å². The van der Waals surface area contributed by atoms with Crippen LogP contribution >= 0.6 is 0 Å². The lowest BCUT2D eigenvalue weighted by molar-refractivity contribution is -0.155. The fourth-order valence-corrected chi connectivity index (χ4v) is 3.30. The van der Waals surface area contributed by atoms with Crippen molar-refractivity contribution < 1.29 is 18.8 Å². The summed E-state index contributed by atoms with van der Waals surface area (Å²) in [6, 6.07) is 2.24. The fraction of sp³-hybridized carbons (Fsp3) is 0.533. The molecule has 1 atom stereocenters. The van der Waals surface area contributed by atoms with Gasteiger partial charge < -0.3 is 4.42 Å². The second-order valence-electron chi connectivity index (χ2n) is 5.77. The normalized spacial score (nSPS) is 23.3. The van der Waals surface area contributed by atoms with E-state index in [1.54, 1.807) is 19.1 Å². The van der Waals surface area contributed by atoms with Crippen molar-refractivity contribution >= 4 is 17.8 Å². The third-order valence-electron chi connectivity index (χ3n) is 4.55. The molecule has 0 radical (unpaired) electrons. The maximum atomic E-state index is 12.9. The third-order valence-corrected chi connectivity index (χ3v) is 4.55. The molecule has 3 rings (SSSR count). The van der Waals surface area contributed by atoms with E-state index in [4.69, 9.17) is 4.42 Å². The highest BCUT2D eigenvalue weighted by molar-refractivity contribution is 6.19. The van der Waals surface area contributed by atoms with Crippen LogP contribution in [0.1, 0.15) is 50.8 Å². The Morgan fingerprint density at radius 1 is 1.24 bits per heavy atom. The summed E-state index contributed by atoms with van der Waals surface area (Å²) in [6.45, 7) is 1.72. The first-order valence-electron chi connectivity index (χ1n) is 7.29. The first-order valence-corrected chi connectivity index (χ1v) is 7.29. The molecule has 1 saturated heterocycles. The first-order chi connectivity index (χ1) is 10.1. The summed E-state index contributed by atoms with van der Waals surface area (Å²) < 4.78 is 5.29. The average molecular weight is 290 g/mol. The lowest BCUT2D eigenvalue weighted by Gasteiger charge is -2.42. The Balaban J connectivity index is 1.95. The van der Waals surface area contributed by atoms with Crippen LogP contribution in [0.25, 0.3) is 0 Å². The molecule has 1 saturated carbocycles. The van der Waals surface area contributed by atoms with Crippen molar-refractivity contribution in [2.75, 3.05) is 0 Å². The van der Waals surface area contributed by atoms with Gasteiger partial charge in [0, 0.05) is 0 Å². The number of urea groups is 1. The van der Waals surface area contributed by atoms with E-state index in [0.717, 1.165) is 24.2 Å². The molecule has 1 aliphatic heterocycles. The Morgan fingerprint density at radius 2 is 1.95 bits per heavy atom. The van der Waals surface area contributed by atoms with Crippen LogP contribution in [-0.4, -0.2) is 22.7 Å². The molecule has 1 unspecified atom stereocenters. The molecular formula is C15H18N2O4. The highest BCUT2D eigenvalue weighted by Crippen LogP contribution is 2.42. The van der Waals surface area contributed by atoms with E-state index >= 15 is 0 Å². The van der Waals surface area contributed by atoms with Gasteiger partial charge in [-0.3, -0.25) is 19.8 Å². The Morgan fingerprint density at radius 3 is 2.57 bits per heavy atom. The van der Waals surface area contributed by atoms with Gasteiger partial charge >= 0.3 is 6.03 Å². The van der Waals surface area contributed by atoms with E-state index in [-0.39, 0.29) is 5.91 Å². The number of hydrogen-bond donors (Lipinski definition) is 1. The molecule has 112 valence electrons. The quantitative estimate of drug-likeness (QED) is 0.848. The van der Waals surface area contributed by atoms with Gasteiger partial charge in [-0.2, -0.15) is 0 Å². The number of carbonyl (C=O) groups is 3. The van der Waals surface area contributed by atoms with Gasteiger partial charge in [-0.15, -0.1) is 0 Å². The molecule has 1 aromatic rings. The summed E-state index contributed by atoms with van der Waals surface area (Å²) in [5.74, 6) is -0.307. The maximum Gasteiger partial charge on any atom is 0.331 e. The maximum absolute atomic E-state index is 12.9. The summed E-state index contributed by atoms with van der Waals surface area (Å²) in [5.41, 5.74) is -1.08. The number of imide groups is 2. The zero-order chi connectivity index (χ0) is 15.0. The Kier molecular flexibility index (Phi) is 3.31. The van der Waals surface area contributed by atoms with Crippen LogP contribution in [0.5, 0.6) is 0 Å². The molecule has 0 bridgehead atoms. The van der Waals surface area contributed by atoms with Gasteiger partial charge in [-0.05, 0) is 31.9 Å². The van der Waals surface area contributed by atoms with E-state index < -0.39 is 23.4 Å². The van der Waals surface area contributed by atoms with Crippen molar-refractivity contribution in [2.24, 2.45) is 5.41 Å². The van der Waals surface area contributed by atoms with Gasteiger partial charge in [0.05, 0.1) is 12.3 Å². The summed E-state index contributed by atoms with van der Waals surface area (Å²) in [6.07, 6.45) is 5.19. The van der Waals surface area contributed by atoms with Crippen molar-refractivity contribution in [3.63, 3.8) is 0 Å². The minimum atomic E-state index is -1.08. The standard InChI is InChI=1S/C15H18N2O4/c1-10(11-6-5-9-21-11)17-13(19)15(7-3-2-4-8-15)12(18)16-14(17)20/h5-6,9-10H,2-4,7-8H2,1H3,(H,16,18,20). The minimum absolute atomic E-state index is 0.389. The van der Waals surface area contributed by atoms with Gasteiger partial charge in [-0.25, -0.2) is 4.79 Å². The van der Waals surface area contributed by atoms with Crippen LogP contribution in [0.4, 0.5) is 4.79 Å². The molecule has 2 fully saturated rings. The van der Waals surface area contributed by atoms with Crippen molar-refractivity contribution in [1.29, 1.82) is 0 Å². The number of amides is 4. The monoisotopic (exact) mass is 290 g/mol. The van der Waals surface area contributed by atoms with Gasteiger partial charge in [0.2, 0.25) is 11.8 Å². The van der Waals surface area contributed by atoms with Crippen molar-refractivity contribution in [3.05, 3.63) is 24.2 Å². The summed E-state index contributed by atoms with van der Waals surface area (Å²) in [5, 5.41) is 2.35. The zero-order valence-corrected chi connectivity index (χ0v) is 11.9. The second kappa shape index (κ2) is 5.02. The molecule has 1 spiro atoms. The highest BCUT2D eigenvalue weighted by atomic mass is 16.3. The summed E-state index contributed by atoms with van der Waals surface area (Å²) in [7, 11) is 0. The van der Waals surface area contributed by atoms with E-state index in [0.29, 0.717) is 18.6 Å². The summed E-state index contributed by atoms with van der Waals surface area (Å²) >= 11 is 0. The molecule has 2 aliphatic rings. The van der Waals surface area contributed by atoms with E-state index in [1.807, 2.05) is 0 Å². The molecule has 1 aromatic heterocycles. The second-order valence-corrected chi connectivity index (χ2v) is 5.77. The van der Waals surface area contributed by atoms with Crippen LogP contribution in [0.3, 0.4) is 0 Å². The molecule has 6 nitrogen and oxygen atoms in total. The smallest absolute Gasteiger partial charge is 0.331 e. The molecule has 6 heteroatoms. The molecule has 0 aromatic carbocycles. The van der Waals surface area contributed by atoms with Gasteiger partial charge in [-0.1, -0.05) is 19.3 Å². The molecular weight excluding hydrogens is 272 g/mol. The van der Waals surface area contributed by atoms with Gasteiger partial charge in [0.1, 0.15) is 11.2 Å². The van der Waals surface area contributed by atoms with Crippen molar-refractivity contribution in [2.45, 2.75) is 45.1 Å². The van der Waals surface area contributed by atoms with Crippen LogP contribution in [0.15, 0.2) is 22.8 Å². The predicted molar refractivity (Wildman–Crippen MR) is 73.0 cm³/mol. The topological polar surface area (TPSA) is 79.6 Å². The number of carbonyl (C=O) groups excluding carboxylic acids is 3. The van der Waals surface area contributed by atoms with Crippen LogP contribution in [0.2, 0.25) is 0 Å². The van der Waals surface area contributed by atoms with E-state index in [2.05, 4.69) is 5.32 Å². The molecule has 4 amide bonds. The largest absolute Gasteiger partial charge is 0.467 e. The first kappa shape index (κ1) is 13.9. The third kappa shape index (κ3) is 2.05. The lowest BCUT2D eigenvalue weighted by Crippen LogP contribution is -2.64. The summed E-state index contributed by atoms with van der Waals surface area (Å²) in [4.78, 5) is 38.3. The van der Waals surface area contributed by atoms with Gasteiger partial charge in [0.25, 0.3) is 0 Å². The average Bonchev–Trinajstić information content (AvgIpc) is 3.00. The fourth-order valence-electron chi connectivity index (χ4n) is 3.30. The lowest BCUT2D eigenvalue weighted by atomic mass is 9.71. The molecule has 1 N–H and O–H groups in total. The van der Waals surface area contributed by atoms with E-state index in [9.17, 15) is 14.4 Å². The molecule has 1 aliphatic carbocycles. The molecule has 21 heavy (non-hydrogen) atoms. The predicted octanol–water partition coefficient (Wildman–Crippen LogP) is 2.37. The van der Waals surface area contributed by atoms with E-state index in [1.165, 1.54) is 6.26 Å². The number of rotatable bonds is 2. The SMILES string of the molecule is CC(c1ccco1)N1C(=O)NC(=O)C2(CCCCC2)C1=O. The number of furan rings is 1. The van der Waals surface area contributed by atoms with Crippen LogP contribution < -0.4 is 5.32 Å². The highest BCUT2D eigenvalue weighted by Gasteiger charge is 2.55. The number of hydrogen-bond acceptors (Lipinski definition) is 4. The van der Waals surface area contributed by atoms with Crippen molar-refractivity contribution in [1.82, 2.24) is 10.2 Å². The van der Waals surface area contributed by atoms with Crippen molar-refractivity contribution in [3.8, 4) is 0 Å². The Hall–Kier alpha value is -2.11.